The molecule has 0 heterocycles. The molecular weight excluding hydrogens is 393 g/mol. The average Bonchev–Trinajstić information content (AvgIpc) is 2.72. The summed E-state index contributed by atoms with van der Waals surface area (Å²) in [5, 5.41) is 4.74. The number of halogens is 2. The first-order valence-corrected chi connectivity index (χ1v) is 9.89. The summed E-state index contributed by atoms with van der Waals surface area (Å²) in [5.41, 5.74) is 3.37. The summed E-state index contributed by atoms with van der Waals surface area (Å²) >= 11 is 12.4. The molecule has 0 unspecified atom stereocenters. The number of hydrogen-bond donors (Lipinski definition) is 1. The summed E-state index contributed by atoms with van der Waals surface area (Å²) in [4.78, 5) is 0. The van der Waals surface area contributed by atoms with E-state index in [1.807, 2.05) is 66.7 Å². The minimum absolute atomic E-state index is 0.440. The van der Waals surface area contributed by atoms with Crippen molar-refractivity contribution in [1.29, 1.82) is 0 Å². The SMILES string of the molecule is COc1cc(CNCCc2ccc(Cl)cc2)cc(Cl)c1OCc1ccccc1. The van der Waals surface area contributed by atoms with Gasteiger partial charge in [-0.15, -0.1) is 0 Å². The second-order valence-electron chi connectivity index (χ2n) is 6.44. The van der Waals surface area contributed by atoms with E-state index in [-0.39, 0.29) is 0 Å². The number of rotatable bonds is 9. The Labute approximate surface area is 176 Å². The number of methoxy groups -OCH3 is 1. The fourth-order valence-electron chi connectivity index (χ4n) is 2.86. The van der Waals surface area contributed by atoms with Crippen molar-refractivity contribution in [3.63, 3.8) is 0 Å². The summed E-state index contributed by atoms with van der Waals surface area (Å²) in [6.45, 7) is 1.99. The molecule has 0 amide bonds. The van der Waals surface area contributed by atoms with Crippen molar-refractivity contribution in [3.8, 4) is 11.5 Å². The van der Waals surface area contributed by atoms with Crippen LogP contribution in [0.2, 0.25) is 10.0 Å². The van der Waals surface area contributed by atoms with Gasteiger partial charge in [0.15, 0.2) is 11.5 Å². The topological polar surface area (TPSA) is 30.5 Å². The lowest BCUT2D eigenvalue weighted by atomic mass is 10.1. The molecule has 0 aliphatic carbocycles. The van der Waals surface area contributed by atoms with Crippen LogP contribution in [-0.4, -0.2) is 13.7 Å². The zero-order chi connectivity index (χ0) is 19.8. The van der Waals surface area contributed by atoms with E-state index in [1.165, 1.54) is 5.56 Å². The Morgan fingerprint density at radius 2 is 1.61 bits per heavy atom. The molecular formula is C23H23Cl2NO2. The fraction of sp³-hybridized carbons (Fsp3) is 0.217. The Balaban J connectivity index is 1.56. The Bertz CT molecular complexity index is 883. The predicted octanol–water partition coefficient (Wildman–Crippen LogP) is 5.91. The van der Waals surface area contributed by atoms with Crippen molar-refractivity contribution in [2.24, 2.45) is 0 Å². The summed E-state index contributed by atoms with van der Waals surface area (Å²) in [6.07, 6.45) is 0.931. The molecule has 0 radical (unpaired) electrons. The zero-order valence-electron chi connectivity index (χ0n) is 15.8. The van der Waals surface area contributed by atoms with Crippen molar-refractivity contribution in [1.82, 2.24) is 5.32 Å². The van der Waals surface area contributed by atoms with Gasteiger partial charge in [-0.3, -0.25) is 0 Å². The summed E-state index contributed by atoms with van der Waals surface area (Å²) < 4.78 is 11.4. The molecule has 0 aromatic heterocycles. The van der Waals surface area contributed by atoms with Crippen LogP contribution < -0.4 is 14.8 Å². The van der Waals surface area contributed by atoms with Gasteiger partial charge in [0.25, 0.3) is 0 Å². The van der Waals surface area contributed by atoms with E-state index in [0.717, 1.165) is 29.1 Å². The standard InChI is InChI=1S/C23H23Cl2NO2/c1-27-22-14-19(15-26-12-11-17-7-9-20(24)10-8-17)13-21(25)23(22)28-16-18-5-3-2-4-6-18/h2-10,13-14,26H,11-12,15-16H2,1H3. The van der Waals surface area contributed by atoms with E-state index in [2.05, 4.69) is 5.32 Å². The molecule has 0 atom stereocenters. The average molecular weight is 416 g/mol. The Hall–Kier alpha value is -2.20. The molecule has 0 saturated heterocycles. The van der Waals surface area contributed by atoms with Crippen molar-refractivity contribution >= 4 is 23.2 Å². The molecule has 0 saturated carbocycles. The molecule has 0 spiro atoms. The van der Waals surface area contributed by atoms with E-state index < -0.39 is 0 Å². The first kappa shape index (κ1) is 20.5. The summed E-state index contributed by atoms with van der Waals surface area (Å²) in [5.74, 6) is 1.20. The lowest BCUT2D eigenvalue weighted by molar-refractivity contribution is 0.284. The second-order valence-corrected chi connectivity index (χ2v) is 7.28. The van der Waals surface area contributed by atoms with Crippen molar-refractivity contribution in [2.75, 3.05) is 13.7 Å². The third-order valence-corrected chi connectivity index (χ3v) is 4.88. The molecule has 0 fully saturated rings. The van der Waals surface area contributed by atoms with Gasteiger partial charge in [-0.2, -0.15) is 0 Å². The van der Waals surface area contributed by atoms with Crippen molar-refractivity contribution in [2.45, 2.75) is 19.6 Å². The smallest absolute Gasteiger partial charge is 0.180 e. The van der Waals surface area contributed by atoms with Crippen LogP contribution in [0.4, 0.5) is 0 Å². The van der Waals surface area contributed by atoms with E-state index in [0.29, 0.717) is 29.7 Å². The van der Waals surface area contributed by atoms with Gasteiger partial charge in [0.1, 0.15) is 6.61 Å². The molecule has 3 aromatic rings. The number of nitrogens with one attached hydrogen (secondary N) is 1. The van der Waals surface area contributed by atoms with Crippen LogP contribution in [-0.2, 0) is 19.6 Å². The highest BCUT2D eigenvalue weighted by atomic mass is 35.5. The van der Waals surface area contributed by atoms with Gasteiger partial charge in [-0.1, -0.05) is 65.7 Å². The number of benzene rings is 3. The maximum atomic E-state index is 6.46. The van der Waals surface area contributed by atoms with Crippen LogP contribution in [0.25, 0.3) is 0 Å². The largest absolute Gasteiger partial charge is 0.493 e. The molecule has 0 bridgehead atoms. The minimum atomic E-state index is 0.440. The van der Waals surface area contributed by atoms with E-state index in [1.54, 1.807) is 7.11 Å². The lowest BCUT2D eigenvalue weighted by Crippen LogP contribution is -2.16. The molecule has 146 valence electrons. The van der Waals surface area contributed by atoms with Crippen LogP contribution in [0.5, 0.6) is 11.5 Å². The highest BCUT2D eigenvalue weighted by Gasteiger charge is 2.12. The molecule has 3 rings (SSSR count). The number of hydrogen-bond acceptors (Lipinski definition) is 3. The monoisotopic (exact) mass is 415 g/mol. The Morgan fingerprint density at radius 3 is 2.32 bits per heavy atom. The summed E-state index contributed by atoms with van der Waals surface area (Å²) in [6, 6.07) is 21.8. The molecule has 5 heteroatoms. The first-order valence-electron chi connectivity index (χ1n) is 9.14. The van der Waals surface area contributed by atoms with Crippen LogP contribution in [0.1, 0.15) is 16.7 Å². The van der Waals surface area contributed by atoms with Crippen LogP contribution >= 0.6 is 23.2 Å². The molecule has 0 aliphatic heterocycles. The quantitative estimate of drug-likeness (QED) is 0.440. The zero-order valence-corrected chi connectivity index (χ0v) is 17.3. The van der Waals surface area contributed by atoms with Gasteiger partial charge >= 0.3 is 0 Å². The highest BCUT2D eigenvalue weighted by molar-refractivity contribution is 6.32. The molecule has 3 aromatic carbocycles. The number of ether oxygens (including phenoxy) is 2. The molecule has 1 N–H and O–H groups in total. The Morgan fingerprint density at radius 1 is 0.857 bits per heavy atom. The van der Waals surface area contributed by atoms with Crippen molar-refractivity contribution in [3.05, 3.63) is 93.5 Å². The first-order chi connectivity index (χ1) is 13.7. The van der Waals surface area contributed by atoms with E-state index in [4.69, 9.17) is 32.7 Å². The van der Waals surface area contributed by atoms with Gasteiger partial charge in [0.2, 0.25) is 0 Å². The highest BCUT2D eigenvalue weighted by Crippen LogP contribution is 2.37. The molecule has 3 nitrogen and oxygen atoms in total. The second kappa shape index (κ2) is 10.4. The summed E-state index contributed by atoms with van der Waals surface area (Å²) in [7, 11) is 1.62. The van der Waals surface area contributed by atoms with Gasteiger partial charge in [0.05, 0.1) is 12.1 Å². The van der Waals surface area contributed by atoms with Gasteiger partial charge in [-0.05, 0) is 53.9 Å². The normalized spacial score (nSPS) is 10.7. The third-order valence-electron chi connectivity index (χ3n) is 4.35. The van der Waals surface area contributed by atoms with E-state index in [9.17, 15) is 0 Å². The van der Waals surface area contributed by atoms with Crippen LogP contribution in [0, 0.1) is 0 Å². The predicted molar refractivity (Wildman–Crippen MR) is 116 cm³/mol. The van der Waals surface area contributed by atoms with E-state index >= 15 is 0 Å². The maximum absolute atomic E-state index is 6.46. The Kier molecular flexibility index (Phi) is 7.61. The maximum Gasteiger partial charge on any atom is 0.180 e. The molecule has 0 aliphatic rings. The van der Waals surface area contributed by atoms with Gasteiger partial charge in [0, 0.05) is 11.6 Å². The molecule has 28 heavy (non-hydrogen) atoms. The lowest BCUT2D eigenvalue weighted by Gasteiger charge is -2.15. The fourth-order valence-corrected chi connectivity index (χ4v) is 3.28. The van der Waals surface area contributed by atoms with Crippen LogP contribution in [0.3, 0.4) is 0 Å². The van der Waals surface area contributed by atoms with Crippen molar-refractivity contribution < 1.29 is 9.47 Å². The van der Waals surface area contributed by atoms with Gasteiger partial charge in [-0.25, -0.2) is 0 Å². The van der Waals surface area contributed by atoms with Crippen LogP contribution in [0.15, 0.2) is 66.7 Å². The third kappa shape index (κ3) is 5.90. The van der Waals surface area contributed by atoms with Gasteiger partial charge < -0.3 is 14.8 Å². The minimum Gasteiger partial charge on any atom is -0.493 e.